The fraction of sp³-hybridized carbons (Fsp3) is 0.250. The number of thioether (sulfide) groups is 1. The molecule has 0 aliphatic carbocycles. The van der Waals surface area contributed by atoms with Crippen LogP contribution >= 0.6 is 11.8 Å². The van der Waals surface area contributed by atoms with E-state index in [1.54, 1.807) is 0 Å². The van der Waals surface area contributed by atoms with Crippen molar-refractivity contribution in [2.45, 2.75) is 17.2 Å². The Hall–Kier alpha value is -1.41. The molecule has 1 aliphatic heterocycles. The lowest BCUT2D eigenvalue weighted by Crippen LogP contribution is -2.15. The predicted octanol–water partition coefficient (Wildman–Crippen LogP) is 4.35. The van der Waals surface area contributed by atoms with Gasteiger partial charge in [0.2, 0.25) is 0 Å². The zero-order valence-corrected chi connectivity index (χ0v) is 11.0. The molecule has 18 heavy (non-hydrogen) atoms. The van der Waals surface area contributed by atoms with Crippen molar-refractivity contribution in [1.82, 2.24) is 0 Å². The van der Waals surface area contributed by atoms with Gasteiger partial charge in [0.1, 0.15) is 5.75 Å². The van der Waals surface area contributed by atoms with Gasteiger partial charge in [-0.2, -0.15) is 0 Å². The zero-order valence-electron chi connectivity index (χ0n) is 10.2. The van der Waals surface area contributed by atoms with Gasteiger partial charge in [0.25, 0.3) is 0 Å². The number of hydrogen-bond acceptors (Lipinski definition) is 2. The Morgan fingerprint density at radius 2 is 1.78 bits per heavy atom. The molecule has 0 aromatic heterocycles. The molecule has 0 spiro atoms. The highest BCUT2D eigenvalue weighted by molar-refractivity contribution is 7.99. The van der Waals surface area contributed by atoms with E-state index < -0.39 is 0 Å². The highest BCUT2D eigenvalue weighted by Gasteiger charge is 2.20. The Morgan fingerprint density at radius 3 is 2.67 bits per heavy atom. The van der Waals surface area contributed by atoms with Gasteiger partial charge < -0.3 is 4.74 Å². The van der Waals surface area contributed by atoms with Crippen LogP contribution in [-0.2, 0) is 0 Å². The van der Waals surface area contributed by atoms with Gasteiger partial charge in [-0.15, -0.1) is 11.8 Å². The summed E-state index contributed by atoms with van der Waals surface area (Å²) in [5.41, 5.74) is 1.37. The molecule has 2 heteroatoms. The molecule has 1 heterocycles. The van der Waals surface area contributed by atoms with Crippen LogP contribution in [0.2, 0.25) is 0 Å². The average molecular weight is 256 g/mol. The van der Waals surface area contributed by atoms with E-state index in [2.05, 4.69) is 48.5 Å². The minimum atomic E-state index is 0.611. The summed E-state index contributed by atoms with van der Waals surface area (Å²) in [5.74, 6) is 2.81. The maximum absolute atomic E-state index is 5.70. The van der Waals surface area contributed by atoms with Gasteiger partial charge in [0.05, 0.1) is 6.61 Å². The molecule has 0 N–H and O–H groups in total. The lowest BCUT2D eigenvalue weighted by Gasteiger charge is -2.25. The summed E-state index contributed by atoms with van der Waals surface area (Å²) < 4.78 is 5.70. The van der Waals surface area contributed by atoms with Crippen LogP contribution < -0.4 is 4.74 Å². The largest absolute Gasteiger partial charge is 0.493 e. The molecule has 0 saturated carbocycles. The van der Waals surface area contributed by atoms with Crippen molar-refractivity contribution in [3.8, 4) is 5.75 Å². The Morgan fingerprint density at radius 1 is 1.00 bits per heavy atom. The fourth-order valence-electron chi connectivity index (χ4n) is 2.30. The van der Waals surface area contributed by atoms with Crippen molar-refractivity contribution >= 4 is 11.8 Å². The van der Waals surface area contributed by atoms with Gasteiger partial charge in [-0.3, -0.25) is 0 Å². The van der Waals surface area contributed by atoms with Crippen LogP contribution in [0.5, 0.6) is 5.75 Å². The highest BCUT2D eigenvalue weighted by atomic mass is 32.2. The number of fused-ring (bicyclic) bond motifs is 1. The lowest BCUT2D eigenvalue weighted by atomic mass is 9.95. The monoisotopic (exact) mass is 256 g/mol. The van der Waals surface area contributed by atoms with Gasteiger partial charge in [-0.25, -0.2) is 0 Å². The normalized spacial score (nSPS) is 17.9. The minimum absolute atomic E-state index is 0.611. The second-order valence-corrected chi connectivity index (χ2v) is 5.59. The van der Waals surface area contributed by atoms with Gasteiger partial charge in [0.15, 0.2) is 0 Å². The SMILES string of the molecule is c1ccc(SCC2CCOc3ccccc32)cc1. The van der Waals surface area contributed by atoms with E-state index in [4.69, 9.17) is 4.74 Å². The third-order valence-electron chi connectivity index (χ3n) is 3.28. The summed E-state index contributed by atoms with van der Waals surface area (Å²) in [6, 6.07) is 19.0. The van der Waals surface area contributed by atoms with Crippen LogP contribution in [0, 0.1) is 0 Å². The molecule has 0 radical (unpaired) electrons. The average Bonchev–Trinajstić information content (AvgIpc) is 2.46. The van der Waals surface area contributed by atoms with E-state index in [1.165, 1.54) is 10.5 Å². The quantitative estimate of drug-likeness (QED) is 0.755. The van der Waals surface area contributed by atoms with E-state index in [0.717, 1.165) is 24.5 Å². The number of hydrogen-bond donors (Lipinski definition) is 0. The third-order valence-corrected chi connectivity index (χ3v) is 4.45. The van der Waals surface area contributed by atoms with E-state index in [0.29, 0.717) is 5.92 Å². The number of ether oxygens (including phenoxy) is 1. The molecular formula is C16H16OS. The summed E-state index contributed by atoms with van der Waals surface area (Å²) in [7, 11) is 0. The number of benzene rings is 2. The number of rotatable bonds is 3. The molecule has 2 aromatic rings. The van der Waals surface area contributed by atoms with Gasteiger partial charge >= 0.3 is 0 Å². The molecule has 0 bridgehead atoms. The van der Waals surface area contributed by atoms with Crippen molar-refractivity contribution < 1.29 is 4.74 Å². The topological polar surface area (TPSA) is 9.23 Å². The Balaban J connectivity index is 1.71. The zero-order chi connectivity index (χ0) is 12.2. The molecule has 92 valence electrons. The summed E-state index contributed by atoms with van der Waals surface area (Å²) in [4.78, 5) is 1.35. The molecule has 1 atom stereocenters. The van der Waals surface area contributed by atoms with Crippen LogP contribution in [0.4, 0.5) is 0 Å². The second-order valence-electron chi connectivity index (χ2n) is 4.50. The molecule has 2 aromatic carbocycles. The predicted molar refractivity (Wildman–Crippen MR) is 76.5 cm³/mol. The first-order valence-corrected chi connectivity index (χ1v) is 7.31. The maximum atomic E-state index is 5.70. The first kappa shape index (κ1) is 11.7. The van der Waals surface area contributed by atoms with Gasteiger partial charge in [-0.1, -0.05) is 36.4 Å². The standard InChI is InChI=1S/C16H16OS/c1-2-6-14(7-3-1)18-12-13-10-11-17-16-9-5-4-8-15(13)16/h1-9,13H,10-12H2. The molecule has 0 saturated heterocycles. The summed E-state index contributed by atoms with van der Waals surface area (Å²) in [6.45, 7) is 0.844. The van der Waals surface area contributed by atoms with E-state index >= 15 is 0 Å². The maximum Gasteiger partial charge on any atom is 0.122 e. The third kappa shape index (κ3) is 2.54. The van der Waals surface area contributed by atoms with Crippen LogP contribution in [0.15, 0.2) is 59.5 Å². The second kappa shape index (κ2) is 5.49. The minimum Gasteiger partial charge on any atom is -0.493 e. The molecule has 1 aliphatic rings. The van der Waals surface area contributed by atoms with E-state index in [9.17, 15) is 0 Å². The van der Waals surface area contributed by atoms with Crippen molar-refractivity contribution in [1.29, 1.82) is 0 Å². The van der Waals surface area contributed by atoms with E-state index in [1.807, 2.05) is 17.8 Å². The summed E-state index contributed by atoms with van der Waals surface area (Å²) in [5, 5.41) is 0. The van der Waals surface area contributed by atoms with Crippen molar-refractivity contribution in [3.63, 3.8) is 0 Å². The smallest absolute Gasteiger partial charge is 0.122 e. The Labute approximate surface area is 112 Å². The molecule has 0 fully saturated rings. The summed E-state index contributed by atoms with van der Waals surface area (Å²) in [6.07, 6.45) is 1.12. The molecular weight excluding hydrogens is 240 g/mol. The fourth-order valence-corrected chi connectivity index (χ4v) is 3.39. The molecule has 0 amide bonds. The Kier molecular flexibility index (Phi) is 3.56. The molecule has 1 nitrogen and oxygen atoms in total. The van der Waals surface area contributed by atoms with Crippen LogP contribution in [-0.4, -0.2) is 12.4 Å². The van der Waals surface area contributed by atoms with E-state index in [-0.39, 0.29) is 0 Å². The van der Waals surface area contributed by atoms with Crippen molar-refractivity contribution in [3.05, 3.63) is 60.2 Å². The first-order chi connectivity index (χ1) is 8.93. The van der Waals surface area contributed by atoms with Crippen LogP contribution in [0.25, 0.3) is 0 Å². The van der Waals surface area contributed by atoms with Crippen molar-refractivity contribution in [2.24, 2.45) is 0 Å². The highest BCUT2D eigenvalue weighted by Crippen LogP contribution is 2.36. The van der Waals surface area contributed by atoms with Crippen LogP contribution in [0.3, 0.4) is 0 Å². The number of para-hydroxylation sites is 1. The van der Waals surface area contributed by atoms with Crippen LogP contribution in [0.1, 0.15) is 17.9 Å². The lowest BCUT2D eigenvalue weighted by molar-refractivity contribution is 0.273. The Bertz CT molecular complexity index is 510. The molecule has 3 rings (SSSR count). The van der Waals surface area contributed by atoms with Crippen molar-refractivity contribution in [2.75, 3.05) is 12.4 Å². The summed E-state index contributed by atoms with van der Waals surface area (Å²) >= 11 is 1.93. The first-order valence-electron chi connectivity index (χ1n) is 6.33. The van der Waals surface area contributed by atoms with Gasteiger partial charge in [-0.05, 0) is 30.2 Å². The van der Waals surface area contributed by atoms with Gasteiger partial charge in [0, 0.05) is 16.6 Å². The molecule has 1 unspecified atom stereocenters.